The highest BCUT2D eigenvalue weighted by Crippen LogP contribution is 2.10. The van der Waals surface area contributed by atoms with Crippen LogP contribution in [0.2, 0.25) is 0 Å². The molecular formula is C10H12O4S. The summed E-state index contributed by atoms with van der Waals surface area (Å²) in [7, 11) is -4.31. The van der Waals surface area contributed by atoms with Crippen molar-refractivity contribution in [3.8, 4) is 0 Å². The lowest BCUT2D eigenvalue weighted by Crippen LogP contribution is -2.26. The predicted octanol–water partition coefficient (Wildman–Crippen LogP) is 1.45. The molecule has 5 heteroatoms. The van der Waals surface area contributed by atoms with Gasteiger partial charge in [-0.3, -0.25) is 9.35 Å². The van der Waals surface area contributed by atoms with Crippen molar-refractivity contribution in [2.24, 2.45) is 0 Å². The van der Waals surface area contributed by atoms with Gasteiger partial charge in [0.15, 0.2) is 5.78 Å². The Morgan fingerprint density at radius 3 is 2.47 bits per heavy atom. The third-order valence-electron chi connectivity index (χ3n) is 2.12. The molecule has 0 saturated carbocycles. The molecule has 0 heterocycles. The highest BCUT2D eigenvalue weighted by atomic mass is 32.2. The average molecular weight is 228 g/mol. The molecule has 0 aliphatic rings. The number of benzene rings is 1. The fourth-order valence-electron chi connectivity index (χ4n) is 1.17. The number of carbonyl (C=O) groups excluding carboxylic acids is 1. The van der Waals surface area contributed by atoms with Gasteiger partial charge < -0.3 is 0 Å². The summed E-state index contributed by atoms with van der Waals surface area (Å²) in [6.07, 6.45) is 0. The number of rotatable bonds is 3. The second-order valence-electron chi connectivity index (χ2n) is 3.39. The summed E-state index contributed by atoms with van der Waals surface area (Å²) in [5.41, 5.74) is 1.16. The van der Waals surface area contributed by atoms with Gasteiger partial charge in [-0.15, -0.1) is 0 Å². The Bertz CT molecular complexity index is 476. The monoisotopic (exact) mass is 228 g/mol. The lowest BCUT2D eigenvalue weighted by molar-refractivity contribution is 0.0989. The van der Waals surface area contributed by atoms with Gasteiger partial charge in [0.05, 0.1) is 0 Å². The third kappa shape index (κ3) is 2.87. The minimum Gasteiger partial charge on any atom is -0.293 e. The van der Waals surface area contributed by atoms with Gasteiger partial charge in [-0.05, 0) is 19.9 Å². The van der Waals surface area contributed by atoms with Gasteiger partial charge in [0.2, 0.25) is 0 Å². The molecular weight excluding hydrogens is 216 g/mol. The summed E-state index contributed by atoms with van der Waals surface area (Å²) in [4.78, 5) is 11.6. The van der Waals surface area contributed by atoms with Crippen molar-refractivity contribution < 1.29 is 17.8 Å². The molecule has 15 heavy (non-hydrogen) atoms. The van der Waals surface area contributed by atoms with Crippen LogP contribution in [0.25, 0.3) is 0 Å². The van der Waals surface area contributed by atoms with E-state index in [9.17, 15) is 13.2 Å². The minimum absolute atomic E-state index is 0.292. The summed E-state index contributed by atoms with van der Waals surface area (Å²) in [5.74, 6) is -0.596. The maximum absolute atomic E-state index is 11.6. The zero-order valence-corrected chi connectivity index (χ0v) is 9.28. The van der Waals surface area contributed by atoms with E-state index in [-0.39, 0.29) is 0 Å². The van der Waals surface area contributed by atoms with Gasteiger partial charge in [-0.2, -0.15) is 8.42 Å². The lowest BCUT2D eigenvalue weighted by atomic mass is 10.1. The molecule has 0 aliphatic heterocycles. The summed E-state index contributed by atoms with van der Waals surface area (Å²) in [5, 5.41) is -1.42. The topological polar surface area (TPSA) is 71.4 Å². The normalized spacial score (nSPS) is 13.5. The SMILES string of the molecule is Cc1cccc(C(=O)C(C)S(=O)(=O)O)c1. The first-order chi connectivity index (χ1) is 6.82. The Hall–Kier alpha value is -1.20. The smallest absolute Gasteiger partial charge is 0.275 e. The van der Waals surface area contributed by atoms with Crippen molar-refractivity contribution in [2.45, 2.75) is 19.1 Å². The van der Waals surface area contributed by atoms with E-state index < -0.39 is 21.2 Å². The molecule has 4 nitrogen and oxygen atoms in total. The van der Waals surface area contributed by atoms with Crippen LogP contribution in [0.3, 0.4) is 0 Å². The Morgan fingerprint density at radius 1 is 1.40 bits per heavy atom. The standard InChI is InChI=1S/C10H12O4S/c1-7-4-3-5-9(6-7)10(11)8(2)15(12,13)14/h3-6,8H,1-2H3,(H,12,13,14). The van der Waals surface area contributed by atoms with Crippen LogP contribution in [0.15, 0.2) is 24.3 Å². The number of aryl methyl sites for hydroxylation is 1. The summed E-state index contributed by atoms with van der Waals surface area (Å²) in [6, 6.07) is 6.58. The second-order valence-corrected chi connectivity index (χ2v) is 5.13. The van der Waals surface area contributed by atoms with Gasteiger partial charge in [0.1, 0.15) is 5.25 Å². The second kappa shape index (κ2) is 4.12. The lowest BCUT2D eigenvalue weighted by Gasteiger charge is -2.07. The molecule has 0 amide bonds. The van der Waals surface area contributed by atoms with E-state index in [1.54, 1.807) is 25.1 Å². The van der Waals surface area contributed by atoms with Crippen molar-refractivity contribution >= 4 is 15.9 Å². The van der Waals surface area contributed by atoms with Crippen molar-refractivity contribution in [3.05, 3.63) is 35.4 Å². The van der Waals surface area contributed by atoms with Crippen molar-refractivity contribution in [1.29, 1.82) is 0 Å². The Morgan fingerprint density at radius 2 is 2.00 bits per heavy atom. The van der Waals surface area contributed by atoms with Crippen molar-refractivity contribution in [1.82, 2.24) is 0 Å². The summed E-state index contributed by atoms with van der Waals surface area (Å²) >= 11 is 0. The van der Waals surface area contributed by atoms with E-state index in [0.29, 0.717) is 5.56 Å². The van der Waals surface area contributed by atoms with E-state index in [2.05, 4.69) is 0 Å². The van der Waals surface area contributed by atoms with Crippen LogP contribution in [0, 0.1) is 6.92 Å². The van der Waals surface area contributed by atoms with Gasteiger partial charge in [-0.25, -0.2) is 0 Å². The third-order valence-corrected chi connectivity index (χ3v) is 3.23. The molecule has 0 bridgehead atoms. The van der Waals surface area contributed by atoms with Gasteiger partial charge in [0.25, 0.3) is 10.1 Å². The highest BCUT2D eigenvalue weighted by Gasteiger charge is 2.26. The Balaban J connectivity index is 3.06. The fraction of sp³-hybridized carbons (Fsp3) is 0.300. The van der Waals surface area contributed by atoms with Crippen LogP contribution in [0.4, 0.5) is 0 Å². The summed E-state index contributed by atoms with van der Waals surface area (Å²) < 4.78 is 30.3. The minimum atomic E-state index is -4.31. The first kappa shape index (κ1) is 11.9. The van der Waals surface area contributed by atoms with E-state index in [0.717, 1.165) is 5.56 Å². The van der Waals surface area contributed by atoms with Crippen LogP contribution >= 0.6 is 0 Å². The molecule has 82 valence electrons. The Kier molecular flexibility index (Phi) is 3.26. The van der Waals surface area contributed by atoms with Crippen LogP contribution in [-0.2, 0) is 10.1 Å². The maximum atomic E-state index is 11.6. The highest BCUT2D eigenvalue weighted by molar-refractivity contribution is 7.87. The van der Waals surface area contributed by atoms with Gasteiger partial charge >= 0.3 is 0 Å². The van der Waals surface area contributed by atoms with Crippen molar-refractivity contribution in [2.75, 3.05) is 0 Å². The van der Waals surface area contributed by atoms with E-state index in [1.165, 1.54) is 13.0 Å². The molecule has 1 rings (SSSR count). The molecule has 0 aromatic heterocycles. The maximum Gasteiger partial charge on any atom is 0.275 e. The molecule has 1 aromatic rings. The molecule has 0 spiro atoms. The molecule has 1 N–H and O–H groups in total. The number of Topliss-reactive ketones (excluding diaryl/α,β-unsaturated/α-hetero) is 1. The molecule has 1 atom stereocenters. The van der Waals surface area contributed by atoms with E-state index >= 15 is 0 Å². The van der Waals surface area contributed by atoms with Crippen LogP contribution in [0.5, 0.6) is 0 Å². The number of ketones is 1. The number of hydrogen-bond acceptors (Lipinski definition) is 3. The number of carbonyl (C=O) groups is 1. The average Bonchev–Trinajstić information content (AvgIpc) is 2.14. The van der Waals surface area contributed by atoms with Crippen LogP contribution in [-0.4, -0.2) is 24.0 Å². The number of hydrogen-bond donors (Lipinski definition) is 1. The zero-order chi connectivity index (χ0) is 11.6. The predicted molar refractivity (Wildman–Crippen MR) is 56.5 cm³/mol. The van der Waals surface area contributed by atoms with E-state index in [4.69, 9.17) is 4.55 Å². The molecule has 1 unspecified atom stereocenters. The van der Waals surface area contributed by atoms with E-state index in [1.807, 2.05) is 0 Å². The van der Waals surface area contributed by atoms with Crippen LogP contribution in [0.1, 0.15) is 22.8 Å². The molecule has 1 aromatic carbocycles. The first-order valence-corrected chi connectivity index (χ1v) is 5.90. The molecule has 0 saturated heterocycles. The summed E-state index contributed by atoms with van der Waals surface area (Å²) in [6.45, 7) is 2.97. The largest absolute Gasteiger partial charge is 0.293 e. The fourth-order valence-corrected chi connectivity index (χ4v) is 1.57. The van der Waals surface area contributed by atoms with Gasteiger partial charge in [-0.1, -0.05) is 23.8 Å². The molecule has 0 radical (unpaired) electrons. The van der Waals surface area contributed by atoms with Gasteiger partial charge in [0, 0.05) is 5.56 Å². The van der Waals surface area contributed by atoms with Crippen molar-refractivity contribution in [3.63, 3.8) is 0 Å². The van der Waals surface area contributed by atoms with Crippen LogP contribution < -0.4 is 0 Å². The Labute approximate surface area is 88.7 Å². The zero-order valence-electron chi connectivity index (χ0n) is 8.47. The molecule has 0 fully saturated rings. The quantitative estimate of drug-likeness (QED) is 0.628. The molecule has 0 aliphatic carbocycles. The first-order valence-electron chi connectivity index (χ1n) is 4.39.